The molecule has 0 radical (unpaired) electrons. The van der Waals surface area contributed by atoms with Crippen molar-refractivity contribution in [3.63, 3.8) is 0 Å². The van der Waals surface area contributed by atoms with Gasteiger partial charge in [-0.3, -0.25) is 4.90 Å². The van der Waals surface area contributed by atoms with E-state index in [0.29, 0.717) is 18.8 Å². The first-order chi connectivity index (χ1) is 6.68. The van der Waals surface area contributed by atoms with Crippen molar-refractivity contribution in [2.75, 3.05) is 23.8 Å². The summed E-state index contributed by atoms with van der Waals surface area (Å²) in [5.74, 6) is 0. The summed E-state index contributed by atoms with van der Waals surface area (Å²) in [6.07, 6.45) is -0.280. The zero-order valence-electron chi connectivity index (χ0n) is 7.99. The van der Waals surface area contributed by atoms with Gasteiger partial charge in [0.1, 0.15) is 6.61 Å². The van der Waals surface area contributed by atoms with E-state index >= 15 is 0 Å². The molecule has 14 heavy (non-hydrogen) atoms. The number of cyclic esters (lactones) is 1. The van der Waals surface area contributed by atoms with E-state index < -0.39 is 0 Å². The summed E-state index contributed by atoms with van der Waals surface area (Å²) < 4.78 is 4.86. The molecule has 2 N–H and O–H groups in total. The summed E-state index contributed by atoms with van der Waals surface area (Å²) in [6, 6.07) is 5.48. The third-order valence-electron chi connectivity index (χ3n) is 2.27. The Labute approximate surface area is 82.3 Å². The van der Waals surface area contributed by atoms with Crippen LogP contribution >= 0.6 is 0 Å². The number of benzene rings is 1. The predicted octanol–water partition coefficient (Wildman–Crippen LogP) is 1.53. The molecule has 1 amide bonds. The van der Waals surface area contributed by atoms with E-state index in [-0.39, 0.29) is 6.09 Å². The molecule has 0 unspecified atom stereocenters. The van der Waals surface area contributed by atoms with Crippen LogP contribution in [0.25, 0.3) is 0 Å². The van der Waals surface area contributed by atoms with Gasteiger partial charge in [0.2, 0.25) is 0 Å². The molecular weight excluding hydrogens is 180 g/mol. The molecule has 0 spiro atoms. The second kappa shape index (κ2) is 3.21. The molecule has 0 atom stereocenters. The molecule has 4 heteroatoms. The number of hydrogen-bond donors (Lipinski definition) is 1. The van der Waals surface area contributed by atoms with Crippen molar-refractivity contribution >= 4 is 17.5 Å². The van der Waals surface area contributed by atoms with Gasteiger partial charge >= 0.3 is 6.09 Å². The summed E-state index contributed by atoms with van der Waals surface area (Å²) in [6.45, 7) is 3.00. The SMILES string of the molecule is Cc1cc(N)ccc1N1CCOC1=O. The number of ether oxygens (including phenoxy) is 1. The largest absolute Gasteiger partial charge is 0.447 e. The highest BCUT2D eigenvalue weighted by Crippen LogP contribution is 2.24. The molecule has 1 heterocycles. The Morgan fingerprint density at radius 1 is 1.50 bits per heavy atom. The van der Waals surface area contributed by atoms with Crippen molar-refractivity contribution in [2.45, 2.75) is 6.92 Å². The molecule has 74 valence electrons. The van der Waals surface area contributed by atoms with Gasteiger partial charge in [-0.05, 0) is 30.7 Å². The lowest BCUT2D eigenvalue weighted by atomic mass is 10.1. The Balaban J connectivity index is 2.36. The summed E-state index contributed by atoms with van der Waals surface area (Å²) in [7, 11) is 0. The van der Waals surface area contributed by atoms with Crippen molar-refractivity contribution in [3.05, 3.63) is 23.8 Å². The molecule has 2 rings (SSSR count). The van der Waals surface area contributed by atoms with Crippen molar-refractivity contribution in [1.82, 2.24) is 0 Å². The Kier molecular flexibility index (Phi) is 2.04. The van der Waals surface area contributed by atoms with Gasteiger partial charge in [-0.25, -0.2) is 4.79 Å². The zero-order chi connectivity index (χ0) is 10.1. The number of amides is 1. The molecule has 1 aromatic carbocycles. The van der Waals surface area contributed by atoms with Crippen molar-refractivity contribution in [3.8, 4) is 0 Å². The fourth-order valence-electron chi connectivity index (χ4n) is 1.59. The van der Waals surface area contributed by atoms with Gasteiger partial charge in [0.15, 0.2) is 0 Å². The van der Waals surface area contributed by atoms with Crippen molar-refractivity contribution < 1.29 is 9.53 Å². The molecule has 0 aromatic heterocycles. The molecule has 0 saturated carbocycles. The first-order valence-electron chi connectivity index (χ1n) is 4.49. The minimum atomic E-state index is -0.280. The van der Waals surface area contributed by atoms with E-state index in [1.807, 2.05) is 19.1 Å². The van der Waals surface area contributed by atoms with Crippen molar-refractivity contribution in [2.24, 2.45) is 0 Å². The van der Waals surface area contributed by atoms with Gasteiger partial charge in [0.05, 0.1) is 12.2 Å². The van der Waals surface area contributed by atoms with Gasteiger partial charge < -0.3 is 10.5 Å². The summed E-state index contributed by atoms with van der Waals surface area (Å²) in [5.41, 5.74) is 8.20. The topological polar surface area (TPSA) is 55.6 Å². The van der Waals surface area contributed by atoms with Gasteiger partial charge in [-0.1, -0.05) is 0 Å². The normalized spacial score (nSPS) is 15.8. The minimum Gasteiger partial charge on any atom is -0.447 e. The van der Waals surface area contributed by atoms with Gasteiger partial charge in [-0.2, -0.15) is 0 Å². The molecule has 1 saturated heterocycles. The van der Waals surface area contributed by atoms with Crippen LogP contribution in [0, 0.1) is 6.92 Å². The molecule has 1 aliphatic rings. The van der Waals surface area contributed by atoms with E-state index in [4.69, 9.17) is 10.5 Å². The highest BCUT2D eigenvalue weighted by molar-refractivity contribution is 5.90. The second-order valence-electron chi connectivity index (χ2n) is 3.31. The van der Waals surface area contributed by atoms with E-state index in [2.05, 4.69) is 0 Å². The lowest BCUT2D eigenvalue weighted by molar-refractivity contribution is 0.181. The number of aryl methyl sites for hydroxylation is 1. The predicted molar refractivity (Wildman–Crippen MR) is 54.3 cm³/mol. The summed E-state index contributed by atoms with van der Waals surface area (Å²) in [5, 5.41) is 0. The van der Waals surface area contributed by atoms with Crippen LogP contribution < -0.4 is 10.6 Å². The molecule has 1 aliphatic heterocycles. The number of nitrogens with zero attached hydrogens (tertiary/aromatic N) is 1. The van der Waals surface area contributed by atoms with Crippen molar-refractivity contribution in [1.29, 1.82) is 0 Å². The number of nitrogen functional groups attached to an aromatic ring is 1. The van der Waals surface area contributed by atoms with E-state index in [9.17, 15) is 4.79 Å². The number of anilines is 2. The van der Waals surface area contributed by atoms with E-state index in [1.54, 1.807) is 11.0 Å². The maximum atomic E-state index is 11.3. The Morgan fingerprint density at radius 2 is 2.29 bits per heavy atom. The fraction of sp³-hybridized carbons (Fsp3) is 0.300. The quantitative estimate of drug-likeness (QED) is 0.686. The molecule has 0 bridgehead atoms. The van der Waals surface area contributed by atoms with Gasteiger partial charge in [0.25, 0.3) is 0 Å². The third-order valence-corrected chi connectivity index (χ3v) is 2.27. The van der Waals surface area contributed by atoms with E-state index in [1.165, 1.54) is 0 Å². The average Bonchev–Trinajstić information content (AvgIpc) is 2.52. The van der Waals surface area contributed by atoms with Gasteiger partial charge in [0, 0.05) is 5.69 Å². The lowest BCUT2D eigenvalue weighted by Gasteiger charge is -2.15. The van der Waals surface area contributed by atoms with E-state index in [0.717, 1.165) is 11.3 Å². The van der Waals surface area contributed by atoms with Crippen LogP contribution in [0.1, 0.15) is 5.56 Å². The highest BCUT2D eigenvalue weighted by Gasteiger charge is 2.24. The zero-order valence-corrected chi connectivity index (χ0v) is 7.99. The second-order valence-corrected chi connectivity index (χ2v) is 3.31. The molecule has 1 aromatic rings. The Hall–Kier alpha value is -1.71. The number of carbonyl (C=O) groups is 1. The average molecular weight is 192 g/mol. The third kappa shape index (κ3) is 1.39. The first-order valence-corrected chi connectivity index (χ1v) is 4.49. The monoisotopic (exact) mass is 192 g/mol. The van der Waals surface area contributed by atoms with Crippen LogP contribution in [0.2, 0.25) is 0 Å². The lowest BCUT2D eigenvalue weighted by Crippen LogP contribution is -2.24. The number of rotatable bonds is 1. The number of carbonyl (C=O) groups excluding carboxylic acids is 1. The first kappa shape index (κ1) is 8.87. The summed E-state index contributed by atoms with van der Waals surface area (Å²) >= 11 is 0. The summed E-state index contributed by atoms with van der Waals surface area (Å²) in [4.78, 5) is 12.9. The Bertz CT molecular complexity index is 376. The smallest absolute Gasteiger partial charge is 0.414 e. The highest BCUT2D eigenvalue weighted by atomic mass is 16.6. The molecule has 0 aliphatic carbocycles. The standard InChI is InChI=1S/C10H12N2O2/c1-7-6-8(11)2-3-9(7)12-4-5-14-10(12)13/h2-3,6H,4-5,11H2,1H3. The molecule has 1 fully saturated rings. The molecular formula is C10H12N2O2. The maximum Gasteiger partial charge on any atom is 0.414 e. The fourth-order valence-corrected chi connectivity index (χ4v) is 1.59. The number of nitrogens with two attached hydrogens (primary N) is 1. The van der Waals surface area contributed by atoms with Crippen LogP contribution in [0.15, 0.2) is 18.2 Å². The van der Waals surface area contributed by atoms with Gasteiger partial charge in [-0.15, -0.1) is 0 Å². The molecule has 4 nitrogen and oxygen atoms in total. The Morgan fingerprint density at radius 3 is 2.86 bits per heavy atom. The van der Waals surface area contributed by atoms with Crippen LogP contribution in [-0.2, 0) is 4.74 Å². The van der Waals surface area contributed by atoms with Crippen LogP contribution in [0.5, 0.6) is 0 Å². The van der Waals surface area contributed by atoms with Crippen LogP contribution in [-0.4, -0.2) is 19.2 Å². The van der Waals surface area contributed by atoms with Crippen LogP contribution in [0.3, 0.4) is 0 Å². The maximum absolute atomic E-state index is 11.3. The number of hydrogen-bond acceptors (Lipinski definition) is 3. The minimum absolute atomic E-state index is 0.280. The van der Waals surface area contributed by atoms with Crippen LogP contribution in [0.4, 0.5) is 16.2 Å².